The van der Waals surface area contributed by atoms with Crippen molar-refractivity contribution in [3.8, 4) is 0 Å². The van der Waals surface area contributed by atoms with Crippen LogP contribution in [0.1, 0.15) is 41.5 Å². The molecule has 5 heteroatoms. The van der Waals surface area contributed by atoms with E-state index in [2.05, 4.69) is 6.92 Å². The van der Waals surface area contributed by atoms with Gasteiger partial charge in [0.2, 0.25) is 0 Å². The maximum absolute atomic E-state index is 11.8. The minimum atomic E-state index is -0.334. The van der Waals surface area contributed by atoms with Crippen LogP contribution in [0.2, 0.25) is 5.82 Å². The van der Waals surface area contributed by atoms with Crippen molar-refractivity contribution in [3.63, 3.8) is 0 Å². The largest absolute Gasteiger partial charge is 0.466 e. The molecule has 2 fully saturated rings. The second-order valence-corrected chi connectivity index (χ2v) is 6.34. The Morgan fingerprint density at radius 2 is 1.72 bits per heavy atom. The van der Waals surface area contributed by atoms with Crippen molar-refractivity contribution in [2.45, 2.75) is 58.6 Å². The Morgan fingerprint density at radius 3 is 2.17 bits per heavy atom. The number of hydrogen-bond acceptors (Lipinski definition) is 4. The molecular formula is C13H23BO4. The van der Waals surface area contributed by atoms with Crippen LogP contribution in [0.15, 0.2) is 0 Å². The highest BCUT2D eigenvalue weighted by Crippen LogP contribution is 2.58. The van der Waals surface area contributed by atoms with Gasteiger partial charge in [-0.3, -0.25) is 4.79 Å². The third-order valence-corrected chi connectivity index (χ3v) is 4.59. The van der Waals surface area contributed by atoms with Crippen molar-refractivity contribution < 1.29 is 18.8 Å². The van der Waals surface area contributed by atoms with Gasteiger partial charge in [-0.15, -0.1) is 0 Å². The SMILES string of the molecule is CCOC(=O)[C@@H]1[C@H](C)[C@H]1B1OC(C)(C)C(C)(C)O1. The molecule has 0 bridgehead atoms. The Labute approximate surface area is 110 Å². The van der Waals surface area contributed by atoms with Crippen molar-refractivity contribution in [3.05, 3.63) is 0 Å². The van der Waals surface area contributed by atoms with Gasteiger partial charge in [-0.1, -0.05) is 6.92 Å². The third kappa shape index (κ3) is 2.07. The van der Waals surface area contributed by atoms with E-state index in [9.17, 15) is 4.79 Å². The quantitative estimate of drug-likeness (QED) is 0.572. The summed E-state index contributed by atoms with van der Waals surface area (Å²) in [5.41, 5.74) is -0.668. The predicted octanol–water partition coefficient (Wildman–Crippen LogP) is 2.28. The molecule has 0 aromatic heterocycles. The zero-order valence-electron chi connectivity index (χ0n) is 12.1. The summed E-state index contributed by atoms with van der Waals surface area (Å²) >= 11 is 0. The summed E-state index contributed by atoms with van der Waals surface area (Å²) in [6, 6.07) is 0. The van der Waals surface area contributed by atoms with Gasteiger partial charge in [0.25, 0.3) is 0 Å². The van der Waals surface area contributed by atoms with Crippen LogP contribution >= 0.6 is 0 Å². The third-order valence-electron chi connectivity index (χ3n) is 4.59. The molecular weight excluding hydrogens is 231 g/mol. The fourth-order valence-electron chi connectivity index (χ4n) is 2.57. The van der Waals surface area contributed by atoms with E-state index in [0.29, 0.717) is 6.61 Å². The van der Waals surface area contributed by atoms with Gasteiger partial charge in [0.05, 0.1) is 23.7 Å². The molecule has 0 radical (unpaired) electrons. The molecule has 18 heavy (non-hydrogen) atoms. The van der Waals surface area contributed by atoms with E-state index in [0.717, 1.165) is 0 Å². The first kappa shape index (κ1) is 13.9. The molecule has 1 heterocycles. The van der Waals surface area contributed by atoms with Crippen molar-refractivity contribution >= 4 is 13.1 Å². The van der Waals surface area contributed by atoms with Crippen LogP contribution in [0, 0.1) is 11.8 Å². The van der Waals surface area contributed by atoms with Crippen molar-refractivity contribution in [2.24, 2.45) is 11.8 Å². The Balaban J connectivity index is 2.02. The van der Waals surface area contributed by atoms with E-state index in [1.807, 2.05) is 34.6 Å². The van der Waals surface area contributed by atoms with Crippen LogP contribution in [0.25, 0.3) is 0 Å². The van der Waals surface area contributed by atoms with Crippen LogP contribution in [0.4, 0.5) is 0 Å². The van der Waals surface area contributed by atoms with Crippen LogP contribution < -0.4 is 0 Å². The summed E-state index contributed by atoms with van der Waals surface area (Å²) in [6.45, 7) is 12.4. The molecule has 0 unspecified atom stereocenters. The molecule has 0 aromatic carbocycles. The smallest absolute Gasteiger partial charge is 0.462 e. The van der Waals surface area contributed by atoms with E-state index < -0.39 is 0 Å². The van der Waals surface area contributed by atoms with Gasteiger partial charge in [-0.2, -0.15) is 0 Å². The van der Waals surface area contributed by atoms with Gasteiger partial charge in [-0.25, -0.2) is 0 Å². The standard InChI is InChI=1S/C13H23BO4/c1-7-16-11(15)9-8(2)10(9)14-17-12(3,4)13(5,6)18-14/h8-10H,7H2,1-6H3/t8-,9+,10+/m0/s1. The van der Waals surface area contributed by atoms with Crippen LogP contribution in [-0.4, -0.2) is 30.9 Å². The molecule has 4 nitrogen and oxygen atoms in total. The second kappa shape index (κ2) is 4.24. The van der Waals surface area contributed by atoms with E-state index in [-0.39, 0.29) is 41.9 Å². The summed E-state index contributed by atoms with van der Waals surface area (Å²) < 4.78 is 17.1. The molecule has 0 N–H and O–H groups in total. The number of rotatable bonds is 3. The zero-order valence-corrected chi connectivity index (χ0v) is 12.1. The summed E-state index contributed by atoms with van der Waals surface area (Å²) in [5.74, 6) is 0.216. The van der Waals surface area contributed by atoms with Crippen LogP contribution in [0.5, 0.6) is 0 Å². The Hall–Kier alpha value is -0.545. The first-order chi connectivity index (χ1) is 8.21. The molecule has 2 aliphatic rings. The van der Waals surface area contributed by atoms with Gasteiger partial charge in [0.15, 0.2) is 0 Å². The number of hydrogen-bond donors (Lipinski definition) is 0. The molecule has 1 aliphatic carbocycles. The van der Waals surface area contributed by atoms with E-state index in [1.54, 1.807) is 0 Å². The van der Waals surface area contributed by atoms with Gasteiger partial charge >= 0.3 is 13.1 Å². The maximum atomic E-state index is 11.8. The van der Waals surface area contributed by atoms with Gasteiger partial charge in [0, 0.05) is 5.82 Å². The molecule has 0 amide bonds. The van der Waals surface area contributed by atoms with Crippen LogP contribution in [-0.2, 0) is 18.8 Å². The lowest BCUT2D eigenvalue weighted by atomic mass is 9.79. The minimum absolute atomic E-state index is 0.0698. The number of ether oxygens (including phenoxy) is 1. The lowest BCUT2D eigenvalue weighted by Gasteiger charge is -2.32. The summed E-state index contributed by atoms with van der Waals surface area (Å²) in [5, 5.41) is 0. The second-order valence-electron chi connectivity index (χ2n) is 6.34. The molecule has 102 valence electrons. The van der Waals surface area contributed by atoms with E-state index in [4.69, 9.17) is 14.0 Å². The maximum Gasteiger partial charge on any atom is 0.462 e. The molecule has 2 rings (SSSR count). The first-order valence-corrected chi connectivity index (χ1v) is 6.73. The van der Waals surface area contributed by atoms with E-state index >= 15 is 0 Å². The lowest BCUT2D eigenvalue weighted by Crippen LogP contribution is -2.41. The van der Waals surface area contributed by atoms with Crippen molar-refractivity contribution in [1.29, 1.82) is 0 Å². The molecule has 1 saturated carbocycles. The number of carbonyl (C=O) groups is 1. The van der Waals surface area contributed by atoms with Crippen LogP contribution in [0.3, 0.4) is 0 Å². The number of carbonyl (C=O) groups excluding carboxylic acids is 1. The summed E-state index contributed by atoms with van der Waals surface area (Å²) in [7, 11) is -0.292. The first-order valence-electron chi connectivity index (χ1n) is 6.73. The average Bonchev–Trinajstić information content (AvgIpc) is 2.82. The highest BCUT2D eigenvalue weighted by molar-refractivity contribution is 6.49. The van der Waals surface area contributed by atoms with Gasteiger partial charge in [-0.05, 0) is 40.5 Å². The topological polar surface area (TPSA) is 44.8 Å². The van der Waals surface area contributed by atoms with E-state index in [1.165, 1.54) is 0 Å². The predicted molar refractivity (Wildman–Crippen MR) is 69.1 cm³/mol. The molecule has 0 aromatic rings. The Morgan fingerprint density at radius 1 is 1.22 bits per heavy atom. The molecule has 1 saturated heterocycles. The van der Waals surface area contributed by atoms with Crippen molar-refractivity contribution in [2.75, 3.05) is 6.61 Å². The number of esters is 1. The van der Waals surface area contributed by atoms with Crippen molar-refractivity contribution in [1.82, 2.24) is 0 Å². The Bertz CT molecular complexity index is 337. The average molecular weight is 254 g/mol. The normalized spacial score (nSPS) is 36.6. The zero-order chi connectivity index (χ0) is 13.7. The minimum Gasteiger partial charge on any atom is -0.466 e. The molecule has 3 atom stereocenters. The fourth-order valence-corrected chi connectivity index (χ4v) is 2.57. The fraction of sp³-hybridized carbons (Fsp3) is 0.923. The van der Waals surface area contributed by atoms with Gasteiger partial charge in [0.1, 0.15) is 0 Å². The molecule has 1 aliphatic heterocycles. The lowest BCUT2D eigenvalue weighted by molar-refractivity contribution is -0.145. The van der Waals surface area contributed by atoms with Gasteiger partial charge < -0.3 is 14.0 Å². The highest BCUT2D eigenvalue weighted by Gasteiger charge is 2.66. The summed E-state index contributed by atoms with van der Waals surface area (Å²) in [6.07, 6.45) is 0. The summed E-state index contributed by atoms with van der Waals surface area (Å²) in [4.78, 5) is 11.8. The highest BCUT2D eigenvalue weighted by atomic mass is 16.7. The monoisotopic (exact) mass is 254 g/mol. The molecule has 0 spiro atoms. The Kier molecular flexibility index (Phi) is 3.27.